The fourth-order valence-corrected chi connectivity index (χ4v) is 5.58. The minimum Gasteiger partial charge on any atom is -0.361 e. The van der Waals surface area contributed by atoms with Crippen molar-refractivity contribution < 1.29 is 17.7 Å². The Kier molecular flexibility index (Phi) is 5.39. The number of hydrogen-bond donors (Lipinski definition) is 1. The summed E-state index contributed by atoms with van der Waals surface area (Å²) in [6, 6.07) is 4.72. The molecule has 0 bridgehead atoms. The van der Waals surface area contributed by atoms with Gasteiger partial charge in [0.2, 0.25) is 15.9 Å². The second kappa shape index (κ2) is 7.44. The first kappa shape index (κ1) is 19.6. The van der Waals surface area contributed by atoms with Gasteiger partial charge in [0.15, 0.2) is 0 Å². The third-order valence-corrected chi connectivity index (χ3v) is 6.82. The second-order valence-electron chi connectivity index (χ2n) is 6.91. The minimum atomic E-state index is -3.81. The summed E-state index contributed by atoms with van der Waals surface area (Å²) in [5.41, 5.74) is 2.71. The molecule has 27 heavy (non-hydrogen) atoms. The first-order valence-electron chi connectivity index (χ1n) is 9.10. The van der Waals surface area contributed by atoms with Gasteiger partial charge in [-0.05, 0) is 44.4 Å². The van der Waals surface area contributed by atoms with E-state index in [9.17, 15) is 13.2 Å². The van der Waals surface area contributed by atoms with E-state index in [1.54, 1.807) is 18.2 Å². The fraction of sp³-hybridized carbons (Fsp3) is 0.474. The molecule has 1 aliphatic rings. The summed E-state index contributed by atoms with van der Waals surface area (Å²) < 4.78 is 34.0. The molecule has 0 aliphatic carbocycles. The molecule has 7 nitrogen and oxygen atoms in total. The van der Waals surface area contributed by atoms with E-state index in [1.807, 2.05) is 20.8 Å². The van der Waals surface area contributed by atoms with Crippen LogP contribution < -0.4 is 5.32 Å². The molecule has 1 N–H and O–H groups in total. The predicted octanol–water partition coefficient (Wildman–Crippen LogP) is 3.34. The molecule has 0 unspecified atom stereocenters. The van der Waals surface area contributed by atoms with Crippen molar-refractivity contribution in [2.24, 2.45) is 0 Å². The minimum absolute atomic E-state index is 0.122. The number of sulfonamides is 1. The van der Waals surface area contributed by atoms with E-state index >= 15 is 0 Å². The molecule has 3 rings (SSSR count). The van der Waals surface area contributed by atoms with Gasteiger partial charge in [0.25, 0.3) is 0 Å². The van der Waals surface area contributed by atoms with E-state index in [4.69, 9.17) is 4.52 Å². The summed E-state index contributed by atoms with van der Waals surface area (Å²) in [6.45, 7) is 7.43. The van der Waals surface area contributed by atoms with Crippen LogP contribution in [0.1, 0.15) is 55.3 Å². The number of aryl methyl sites for hydroxylation is 3. The van der Waals surface area contributed by atoms with Crippen LogP contribution in [0, 0.1) is 13.8 Å². The smallest absolute Gasteiger partial charge is 0.245 e. The van der Waals surface area contributed by atoms with Crippen LogP contribution in [0.5, 0.6) is 0 Å². The number of rotatable bonds is 5. The Morgan fingerprint density at radius 2 is 2.11 bits per heavy atom. The maximum absolute atomic E-state index is 13.5. The molecule has 1 atom stereocenters. The molecule has 1 aliphatic heterocycles. The van der Waals surface area contributed by atoms with Crippen molar-refractivity contribution in [1.82, 2.24) is 9.46 Å². The molecule has 0 spiro atoms. The van der Waals surface area contributed by atoms with Gasteiger partial charge in [-0.3, -0.25) is 4.79 Å². The number of nitrogens with zero attached hydrogens (tertiary/aromatic N) is 2. The van der Waals surface area contributed by atoms with Crippen LogP contribution in [0.2, 0.25) is 0 Å². The summed E-state index contributed by atoms with van der Waals surface area (Å²) >= 11 is 0. The molecule has 1 fully saturated rings. The molecule has 2 aromatic rings. The third-order valence-electron chi connectivity index (χ3n) is 4.88. The van der Waals surface area contributed by atoms with Crippen molar-refractivity contribution >= 4 is 21.6 Å². The Bertz CT molecular complexity index is 965. The summed E-state index contributed by atoms with van der Waals surface area (Å²) in [6.07, 6.45) is 2.14. The lowest BCUT2D eigenvalue weighted by atomic mass is 10.0. The van der Waals surface area contributed by atoms with E-state index in [0.29, 0.717) is 18.7 Å². The molecule has 1 saturated heterocycles. The number of hydrogen-bond acceptors (Lipinski definition) is 5. The normalized spacial score (nSPS) is 18.0. The SMILES string of the molecule is CCc1onc(C)c1[C@@H]1CCCN1S(=O)(=O)c1cc(C)ccc1NC(C)=O. The van der Waals surface area contributed by atoms with E-state index in [0.717, 1.165) is 35.4 Å². The van der Waals surface area contributed by atoms with Crippen LogP contribution in [0.15, 0.2) is 27.6 Å². The Hall–Kier alpha value is -2.19. The summed E-state index contributed by atoms with van der Waals surface area (Å²) in [5.74, 6) is 0.419. The highest BCUT2D eigenvalue weighted by Gasteiger charge is 2.40. The molecular weight excluding hydrogens is 366 g/mol. The number of benzene rings is 1. The fourth-order valence-electron chi connectivity index (χ4n) is 3.68. The van der Waals surface area contributed by atoms with Crippen molar-refractivity contribution in [1.29, 1.82) is 0 Å². The van der Waals surface area contributed by atoms with E-state index < -0.39 is 10.0 Å². The number of carbonyl (C=O) groups excluding carboxylic acids is 1. The van der Waals surface area contributed by atoms with Crippen molar-refractivity contribution in [2.75, 3.05) is 11.9 Å². The Morgan fingerprint density at radius 3 is 2.78 bits per heavy atom. The van der Waals surface area contributed by atoms with E-state index in [1.165, 1.54) is 11.2 Å². The number of nitrogens with one attached hydrogen (secondary N) is 1. The number of aromatic nitrogens is 1. The van der Waals surface area contributed by atoms with Crippen molar-refractivity contribution in [3.8, 4) is 0 Å². The van der Waals surface area contributed by atoms with Crippen molar-refractivity contribution in [3.05, 3.63) is 40.8 Å². The Labute approximate surface area is 159 Å². The maximum atomic E-state index is 13.5. The van der Waals surface area contributed by atoms with Gasteiger partial charge in [-0.2, -0.15) is 4.31 Å². The number of anilines is 1. The highest BCUT2D eigenvalue weighted by atomic mass is 32.2. The van der Waals surface area contributed by atoms with Crippen LogP contribution in [0.3, 0.4) is 0 Å². The topological polar surface area (TPSA) is 92.5 Å². The Balaban J connectivity index is 2.08. The lowest BCUT2D eigenvalue weighted by Gasteiger charge is -2.25. The molecule has 2 heterocycles. The standard InChI is InChI=1S/C19H25N3O4S/c1-5-17-19(13(3)21-26-17)16-7-6-10-22(16)27(24,25)18-11-12(2)8-9-15(18)20-14(4)23/h8-9,11,16H,5-7,10H2,1-4H3,(H,20,23)/t16-/m0/s1. The van der Waals surface area contributed by atoms with Gasteiger partial charge in [-0.15, -0.1) is 0 Å². The molecular formula is C19H25N3O4S. The highest BCUT2D eigenvalue weighted by Crippen LogP contribution is 2.40. The van der Waals surface area contributed by atoms with Gasteiger partial charge in [0, 0.05) is 25.5 Å². The first-order valence-corrected chi connectivity index (χ1v) is 10.5. The van der Waals surface area contributed by atoms with Crippen LogP contribution in [-0.2, 0) is 21.2 Å². The van der Waals surface area contributed by atoms with Gasteiger partial charge in [-0.1, -0.05) is 18.1 Å². The van der Waals surface area contributed by atoms with Crippen LogP contribution in [0.4, 0.5) is 5.69 Å². The van der Waals surface area contributed by atoms with Gasteiger partial charge in [0.1, 0.15) is 10.7 Å². The molecule has 1 aromatic carbocycles. The quantitative estimate of drug-likeness (QED) is 0.844. The molecule has 146 valence electrons. The van der Waals surface area contributed by atoms with Gasteiger partial charge in [0.05, 0.1) is 17.4 Å². The number of amides is 1. The summed E-state index contributed by atoms with van der Waals surface area (Å²) in [5, 5.41) is 6.68. The van der Waals surface area contributed by atoms with Crippen LogP contribution in [0.25, 0.3) is 0 Å². The van der Waals surface area contributed by atoms with E-state index in [2.05, 4.69) is 10.5 Å². The summed E-state index contributed by atoms with van der Waals surface area (Å²) in [7, 11) is -3.81. The lowest BCUT2D eigenvalue weighted by molar-refractivity contribution is -0.114. The molecule has 1 amide bonds. The first-order chi connectivity index (χ1) is 12.8. The predicted molar refractivity (Wildman–Crippen MR) is 102 cm³/mol. The van der Waals surface area contributed by atoms with Crippen molar-refractivity contribution in [3.63, 3.8) is 0 Å². The second-order valence-corrected chi connectivity index (χ2v) is 8.77. The van der Waals surface area contributed by atoms with Gasteiger partial charge in [-0.25, -0.2) is 8.42 Å². The third kappa shape index (κ3) is 3.64. The highest BCUT2D eigenvalue weighted by molar-refractivity contribution is 7.89. The largest absolute Gasteiger partial charge is 0.361 e. The van der Waals surface area contributed by atoms with Crippen molar-refractivity contribution in [2.45, 2.75) is 57.9 Å². The average Bonchev–Trinajstić information content (AvgIpc) is 3.22. The van der Waals surface area contributed by atoms with Gasteiger partial charge >= 0.3 is 0 Å². The molecule has 8 heteroatoms. The van der Waals surface area contributed by atoms with Crippen LogP contribution >= 0.6 is 0 Å². The molecule has 0 radical (unpaired) electrons. The van der Waals surface area contributed by atoms with Crippen LogP contribution in [-0.4, -0.2) is 30.3 Å². The average molecular weight is 391 g/mol. The zero-order valence-electron chi connectivity index (χ0n) is 16.1. The molecule has 1 aromatic heterocycles. The Morgan fingerprint density at radius 1 is 1.37 bits per heavy atom. The zero-order chi connectivity index (χ0) is 19.8. The number of carbonyl (C=O) groups is 1. The van der Waals surface area contributed by atoms with E-state index in [-0.39, 0.29) is 16.8 Å². The lowest BCUT2D eigenvalue weighted by Crippen LogP contribution is -2.32. The van der Waals surface area contributed by atoms with Gasteiger partial charge < -0.3 is 9.84 Å². The molecule has 0 saturated carbocycles. The maximum Gasteiger partial charge on any atom is 0.245 e. The monoisotopic (exact) mass is 391 g/mol. The summed E-state index contributed by atoms with van der Waals surface area (Å²) in [4.78, 5) is 11.7. The zero-order valence-corrected chi connectivity index (χ0v) is 16.9.